The van der Waals surface area contributed by atoms with E-state index in [2.05, 4.69) is 156 Å². The minimum atomic E-state index is -0.762. The third-order valence-corrected chi connectivity index (χ3v) is 17.0. The Kier molecular flexibility index (Phi) is 20.9. The van der Waals surface area contributed by atoms with E-state index < -0.39 is 11.6 Å². The van der Waals surface area contributed by atoms with E-state index in [1.165, 1.54) is 10.6 Å². The van der Waals surface area contributed by atoms with Gasteiger partial charge >= 0.3 is 0 Å². The first-order valence-corrected chi connectivity index (χ1v) is 34.3. The number of nitrogens with two attached hydrogens (primary N) is 3. The van der Waals surface area contributed by atoms with Gasteiger partial charge in [0.2, 0.25) is 59.5 Å². The van der Waals surface area contributed by atoms with Gasteiger partial charge in [-0.2, -0.15) is 54.9 Å². The number of halogens is 5. The number of aromatic nitrogens is 20. The van der Waals surface area contributed by atoms with Gasteiger partial charge in [0.1, 0.15) is 40.4 Å². The summed E-state index contributed by atoms with van der Waals surface area (Å²) in [6.45, 7) is 7.66. The summed E-state index contributed by atoms with van der Waals surface area (Å²) in [6.07, 6.45) is 3.18. The summed E-state index contributed by atoms with van der Waals surface area (Å²) in [5.41, 5.74) is 26.7. The van der Waals surface area contributed by atoms with Crippen LogP contribution < -0.4 is 43.2 Å². The Labute approximate surface area is 616 Å². The maximum Gasteiger partial charge on any atom is 0.249 e. The molecule has 0 aliphatic rings. The molecule has 8 aromatic heterocycles. The van der Waals surface area contributed by atoms with Crippen molar-refractivity contribution in [2.75, 3.05) is 45.6 Å². The third-order valence-electron chi connectivity index (χ3n) is 15.4. The molecule has 0 atom stereocenters. The Balaban J connectivity index is 0.000000123. The zero-order chi connectivity index (χ0) is 72.5. The van der Waals surface area contributed by atoms with Crippen LogP contribution in [0.5, 0.6) is 5.75 Å². The second-order valence-electron chi connectivity index (χ2n) is 22.5. The molecule has 8 aromatic carbocycles. The molecule has 8 heterocycles. The number of nitrogens with zero attached hydrogens (tertiary/aromatic N) is 20. The number of nitrogens with one attached hydrogen (secondary N) is 4. The highest BCUT2D eigenvalue weighted by atomic mass is 79.9. The Morgan fingerprint density at radius 3 is 1.25 bits per heavy atom. The molecule has 33 heteroatoms. The first-order valence-electron chi connectivity index (χ1n) is 31.9. The summed E-state index contributed by atoms with van der Waals surface area (Å²) in [6, 6.07) is 56.0. The highest BCUT2D eigenvalue weighted by Gasteiger charge is 2.21. The molecule has 16 aromatic rings. The zero-order valence-corrected chi connectivity index (χ0v) is 60.5. The quantitative estimate of drug-likeness (QED) is 0.0501. The fourth-order valence-corrected chi connectivity index (χ4v) is 11.6. The second-order valence-corrected chi connectivity index (χ2v) is 25.2. The van der Waals surface area contributed by atoms with Gasteiger partial charge in [-0.1, -0.05) is 98.0 Å². The Hall–Kier alpha value is -12.6. The van der Waals surface area contributed by atoms with Gasteiger partial charge in [0, 0.05) is 61.1 Å². The normalized spacial score (nSPS) is 11.0. The number of fused-ring (bicyclic) bond motifs is 4. The largest absolute Gasteiger partial charge is 0.497 e. The molecule has 104 heavy (non-hydrogen) atoms. The van der Waals surface area contributed by atoms with Crippen LogP contribution in [0, 0.1) is 25.5 Å². The van der Waals surface area contributed by atoms with Crippen LogP contribution in [0.4, 0.5) is 73.2 Å². The number of hydrogen-bond acceptors (Lipinski definition) is 24. The van der Waals surface area contributed by atoms with E-state index >= 15 is 0 Å². The lowest BCUT2D eigenvalue weighted by Crippen LogP contribution is -2.11. The second kappa shape index (κ2) is 31.1. The Morgan fingerprint density at radius 2 is 0.788 bits per heavy atom. The number of ether oxygens (including phenoxy) is 1. The molecule has 0 bridgehead atoms. The highest BCUT2D eigenvalue weighted by molar-refractivity contribution is 9.11. The summed E-state index contributed by atoms with van der Waals surface area (Å²) >= 11 is 10.2. The summed E-state index contributed by atoms with van der Waals surface area (Å²) in [5.74, 6) is 5.55. The lowest BCUT2D eigenvalue weighted by Gasteiger charge is -2.10. The number of imidazole rings is 4. The van der Waals surface area contributed by atoms with Crippen molar-refractivity contribution in [2.24, 2.45) is 0 Å². The van der Waals surface area contributed by atoms with Crippen LogP contribution in [0.15, 0.2) is 202 Å². The van der Waals surface area contributed by atoms with Crippen LogP contribution in [0.2, 0.25) is 0 Å². The van der Waals surface area contributed by atoms with E-state index in [0.717, 1.165) is 111 Å². The van der Waals surface area contributed by atoms with Crippen molar-refractivity contribution in [3.63, 3.8) is 0 Å². The molecule has 0 amide bonds. The number of aryl methyl sites for hydroxylation is 4. The maximum absolute atomic E-state index is 14.0. The zero-order valence-electron chi connectivity index (χ0n) is 55.8. The minimum absolute atomic E-state index is 0.0234. The van der Waals surface area contributed by atoms with Gasteiger partial charge in [-0.3, -0.25) is 18.3 Å². The van der Waals surface area contributed by atoms with Gasteiger partial charge in [-0.25, -0.2) is 28.7 Å². The number of para-hydroxylation sites is 6. The van der Waals surface area contributed by atoms with Crippen molar-refractivity contribution in [2.45, 2.75) is 40.5 Å². The number of hydrogen-bond donors (Lipinski definition) is 7. The fourth-order valence-electron chi connectivity index (χ4n) is 10.8. The van der Waals surface area contributed by atoms with Crippen molar-refractivity contribution in [3.8, 4) is 29.4 Å². The lowest BCUT2D eigenvalue weighted by molar-refractivity contribution is 0.415. The van der Waals surface area contributed by atoms with Gasteiger partial charge in [0.25, 0.3) is 0 Å². The van der Waals surface area contributed by atoms with Gasteiger partial charge < -0.3 is 43.2 Å². The predicted molar refractivity (Wildman–Crippen MR) is 408 cm³/mol. The molecule has 28 nitrogen and oxygen atoms in total. The molecular weight excluding hydrogens is 1520 g/mol. The molecule has 0 aliphatic heterocycles. The summed E-state index contributed by atoms with van der Waals surface area (Å²) in [5, 5.41) is 20.7. The van der Waals surface area contributed by atoms with E-state index in [4.69, 9.17) is 21.9 Å². The smallest absolute Gasteiger partial charge is 0.249 e. The molecule has 0 unspecified atom stereocenters. The van der Waals surface area contributed by atoms with Crippen LogP contribution in [0.25, 0.3) is 67.8 Å². The van der Waals surface area contributed by atoms with E-state index in [1.807, 2.05) is 197 Å². The monoisotopic (exact) mass is 1580 g/mol. The van der Waals surface area contributed by atoms with Crippen LogP contribution in [0.3, 0.4) is 0 Å². The maximum atomic E-state index is 14.0. The van der Waals surface area contributed by atoms with Gasteiger partial charge in [-0.15, -0.1) is 5.10 Å². The predicted octanol–water partition coefficient (Wildman–Crippen LogP) is 14.9. The van der Waals surface area contributed by atoms with E-state index in [0.29, 0.717) is 41.4 Å². The molecule has 0 fully saturated rings. The number of methoxy groups -OCH3 is 1. The number of rotatable bonds is 15. The van der Waals surface area contributed by atoms with Crippen LogP contribution in [0.1, 0.15) is 37.1 Å². The molecular formula is C71H60Br3F2N27O. The van der Waals surface area contributed by atoms with E-state index in [-0.39, 0.29) is 40.8 Å². The van der Waals surface area contributed by atoms with Crippen LogP contribution >= 0.6 is 47.8 Å². The standard InChI is InChI=1S/C19H18N6O.C18H16BrN7.C17H12BrF2N7.C17H14BrN7/c1-3-17-22-15-6-4-5-7-16(15)25(17)18-12-20-24-19(23-18)21-13-8-10-14(26-2)11-9-13;1-2-15-22-13-5-3-4-6-14(13)26(15)18-24-16(20)23-17(25-18)21-12-9-7-11(19)8-10-12;1-8-22-14-12(20)6-10(19)7-13(14)27(8)17-25-15(21)24-16(26-17)23-11-4-2-9(18)3-5-11;1-10-20-13-4-2-3-5-14(13)25(10)17-23-15(19)22-16(24-17)21-12-8-6-11(18)7-9-12/h4-12H,3H2,1-2H3,(H,21,23,24);3-10H,2H2,1H3,(H3,20,21,23,24,25);2-7H,1H3,(H3,21,23,24,25,26);2-9H,1H3,(H3,19,21,22,23,24). The number of benzene rings is 8. The summed E-state index contributed by atoms with van der Waals surface area (Å²) in [7, 11) is 1.64. The SMILES string of the molecule is CCc1nc2ccccc2n1-c1cnnc(Nc2ccc(OC)cc2)n1.CCc1nc2ccccc2n1-c1nc(N)nc(Nc2ccc(Br)cc2)n1.Cc1nc2c(F)cc(F)cc2n1-c1nc(N)nc(Nc2ccc(Br)cc2)n1.Cc1nc2ccccc2n1-c1nc(N)nc(Nc2ccc(Br)cc2)n1. The number of anilines is 11. The lowest BCUT2D eigenvalue weighted by atomic mass is 10.3. The molecule has 16 rings (SSSR count). The summed E-state index contributed by atoms with van der Waals surface area (Å²) < 4.78 is 43.0. The first kappa shape index (κ1) is 69.8. The van der Waals surface area contributed by atoms with Gasteiger partial charge in [0.15, 0.2) is 11.6 Å². The fraction of sp³-hybridized carbons (Fsp3) is 0.0986. The van der Waals surface area contributed by atoms with Gasteiger partial charge in [0.05, 0.1) is 51.9 Å². The minimum Gasteiger partial charge on any atom is -0.497 e. The van der Waals surface area contributed by atoms with Crippen LogP contribution in [-0.2, 0) is 12.8 Å². The average molecular weight is 1590 g/mol. The van der Waals surface area contributed by atoms with Crippen molar-refractivity contribution in [1.82, 2.24) is 98.2 Å². The third kappa shape index (κ3) is 16.1. The topological polar surface area (TPSA) is 361 Å². The summed E-state index contributed by atoms with van der Waals surface area (Å²) in [4.78, 5) is 61.1. The van der Waals surface area contributed by atoms with Crippen molar-refractivity contribution < 1.29 is 13.5 Å². The molecule has 0 saturated heterocycles. The van der Waals surface area contributed by atoms with Crippen LogP contribution in [-0.4, -0.2) is 105 Å². The first-order chi connectivity index (χ1) is 50.4. The molecule has 0 saturated carbocycles. The molecule has 520 valence electrons. The molecule has 0 aliphatic carbocycles. The highest BCUT2D eigenvalue weighted by Crippen LogP contribution is 2.29. The van der Waals surface area contributed by atoms with E-state index in [1.54, 1.807) is 20.2 Å². The van der Waals surface area contributed by atoms with Crippen molar-refractivity contribution in [3.05, 3.63) is 237 Å². The molecule has 0 spiro atoms. The van der Waals surface area contributed by atoms with E-state index in [9.17, 15) is 8.78 Å². The Bertz CT molecular complexity index is 5740. The van der Waals surface area contributed by atoms with Crippen molar-refractivity contribution in [1.29, 1.82) is 0 Å². The molecule has 10 N–H and O–H groups in total. The number of nitrogen functional groups attached to an aromatic ring is 3. The van der Waals surface area contributed by atoms with Gasteiger partial charge in [-0.05, 0) is 147 Å². The Morgan fingerprint density at radius 1 is 0.404 bits per heavy atom. The average Bonchev–Trinajstić information content (AvgIpc) is 1.70. The molecule has 0 radical (unpaired) electrons. The van der Waals surface area contributed by atoms with Crippen molar-refractivity contribution >= 4 is 156 Å².